The van der Waals surface area contributed by atoms with Crippen LogP contribution in [0.5, 0.6) is 5.75 Å². The Labute approximate surface area is 134 Å². The third-order valence-corrected chi connectivity index (χ3v) is 3.69. The molecular weight excluding hydrogens is 330 g/mol. The Morgan fingerprint density at radius 1 is 1.41 bits per heavy atom. The molecule has 9 heteroatoms. The summed E-state index contributed by atoms with van der Waals surface area (Å²) in [6.07, 6.45) is 1.13. The Morgan fingerprint density at radius 2 is 2.18 bits per heavy atom. The van der Waals surface area contributed by atoms with Gasteiger partial charge in [-0.2, -0.15) is 0 Å². The van der Waals surface area contributed by atoms with Crippen LogP contribution in [0.2, 0.25) is 5.02 Å². The lowest BCUT2D eigenvalue weighted by molar-refractivity contribution is -0.385. The molecule has 7 nitrogen and oxygen atoms in total. The number of hydrogen-bond donors (Lipinski definition) is 2. The first kappa shape index (κ1) is 16.1. The molecule has 1 heterocycles. The van der Waals surface area contributed by atoms with Gasteiger partial charge in [0.25, 0.3) is 5.69 Å². The van der Waals surface area contributed by atoms with Crippen molar-refractivity contribution in [2.45, 2.75) is 5.03 Å². The maximum Gasteiger partial charge on any atom is 0.287 e. The number of halogens is 1. The first-order valence-electron chi connectivity index (χ1n) is 5.97. The molecular formula is C13H10ClN3O4S. The fraction of sp³-hybridized carbons (Fsp3) is 0.0769. The van der Waals surface area contributed by atoms with Crippen LogP contribution in [0.4, 0.5) is 11.4 Å². The van der Waals surface area contributed by atoms with E-state index in [1.165, 1.54) is 30.3 Å². The molecule has 2 rings (SSSR count). The van der Waals surface area contributed by atoms with Crippen molar-refractivity contribution in [2.24, 2.45) is 0 Å². The Kier molecular flexibility index (Phi) is 5.18. The summed E-state index contributed by atoms with van der Waals surface area (Å²) >= 11 is 6.90. The van der Waals surface area contributed by atoms with Crippen LogP contribution in [-0.2, 0) is 4.79 Å². The molecule has 0 radical (unpaired) electrons. The van der Waals surface area contributed by atoms with E-state index in [1.807, 2.05) is 0 Å². The number of benzene rings is 1. The highest BCUT2D eigenvalue weighted by Crippen LogP contribution is 2.27. The van der Waals surface area contributed by atoms with Crippen molar-refractivity contribution >= 4 is 40.6 Å². The molecule has 0 spiro atoms. The zero-order valence-corrected chi connectivity index (χ0v) is 12.6. The summed E-state index contributed by atoms with van der Waals surface area (Å²) in [4.78, 5) is 25.6. The normalized spacial score (nSPS) is 10.2. The number of rotatable bonds is 5. The van der Waals surface area contributed by atoms with Gasteiger partial charge >= 0.3 is 0 Å². The number of aromatic hydroxyl groups is 1. The van der Waals surface area contributed by atoms with Crippen molar-refractivity contribution in [1.29, 1.82) is 0 Å². The van der Waals surface area contributed by atoms with Gasteiger partial charge in [0.1, 0.15) is 11.9 Å². The molecule has 114 valence electrons. The number of carbonyl (C=O) groups excluding carboxylic acids is 1. The highest BCUT2D eigenvalue weighted by atomic mass is 35.5. The van der Waals surface area contributed by atoms with E-state index in [-0.39, 0.29) is 28.8 Å². The second-order valence-corrected chi connectivity index (χ2v) is 5.54. The number of phenolic OH excluding ortho intramolecular Hbond substituents is 1. The Morgan fingerprint density at radius 3 is 2.82 bits per heavy atom. The van der Waals surface area contributed by atoms with Crippen molar-refractivity contribution in [3.05, 3.63) is 51.7 Å². The summed E-state index contributed by atoms with van der Waals surface area (Å²) in [6.45, 7) is 0. The van der Waals surface area contributed by atoms with E-state index in [2.05, 4.69) is 10.3 Å². The van der Waals surface area contributed by atoms with Gasteiger partial charge in [0.15, 0.2) is 0 Å². The van der Waals surface area contributed by atoms with Crippen molar-refractivity contribution in [3.8, 4) is 5.75 Å². The number of nitrogens with one attached hydrogen (secondary N) is 1. The van der Waals surface area contributed by atoms with Crippen LogP contribution in [0.1, 0.15) is 0 Å². The fourth-order valence-corrected chi connectivity index (χ4v) is 2.31. The van der Waals surface area contributed by atoms with Crippen LogP contribution in [0.3, 0.4) is 0 Å². The van der Waals surface area contributed by atoms with Gasteiger partial charge in [-0.05, 0) is 24.3 Å². The topological polar surface area (TPSA) is 105 Å². The van der Waals surface area contributed by atoms with Crippen LogP contribution in [0, 0.1) is 10.1 Å². The number of hydrogen-bond acceptors (Lipinski definition) is 6. The number of thioether (sulfide) groups is 1. The third-order valence-electron chi connectivity index (χ3n) is 2.52. The molecule has 0 saturated carbocycles. The van der Waals surface area contributed by atoms with Gasteiger partial charge in [0.2, 0.25) is 5.91 Å². The van der Waals surface area contributed by atoms with Gasteiger partial charge in [-0.1, -0.05) is 23.4 Å². The predicted octanol–water partition coefficient (Wildman–Crippen LogP) is 3.08. The standard InChI is InChI=1S/C13H10ClN3O4S/c14-8-1-3-11(18)10(5-8)16-12(19)7-22-13-4-2-9(6-15-13)17(20)21/h1-6,18H,7H2,(H,16,19). The summed E-state index contributed by atoms with van der Waals surface area (Å²) in [7, 11) is 0. The van der Waals surface area contributed by atoms with E-state index < -0.39 is 4.92 Å². The SMILES string of the molecule is O=C(CSc1ccc([N+](=O)[O-])cn1)Nc1cc(Cl)ccc1O. The second-order valence-electron chi connectivity index (χ2n) is 4.11. The minimum atomic E-state index is -0.546. The third kappa shape index (κ3) is 4.34. The number of phenols is 1. The smallest absolute Gasteiger partial charge is 0.287 e. The monoisotopic (exact) mass is 339 g/mol. The zero-order valence-electron chi connectivity index (χ0n) is 11.0. The van der Waals surface area contributed by atoms with E-state index in [9.17, 15) is 20.0 Å². The average molecular weight is 340 g/mol. The highest BCUT2D eigenvalue weighted by Gasteiger charge is 2.10. The summed E-state index contributed by atoms with van der Waals surface area (Å²) < 4.78 is 0. The van der Waals surface area contributed by atoms with Gasteiger partial charge in [-0.15, -0.1) is 0 Å². The molecule has 0 fully saturated rings. The Hall–Kier alpha value is -2.32. The van der Waals surface area contributed by atoms with E-state index in [4.69, 9.17) is 11.6 Å². The minimum absolute atomic E-state index is 0.0385. The van der Waals surface area contributed by atoms with Gasteiger partial charge in [0, 0.05) is 11.1 Å². The number of pyridine rings is 1. The number of amides is 1. The quantitative estimate of drug-likeness (QED) is 0.375. The molecule has 0 saturated heterocycles. The molecule has 1 aromatic carbocycles. The highest BCUT2D eigenvalue weighted by molar-refractivity contribution is 7.99. The van der Waals surface area contributed by atoms with Gasteiger partial charge in [0.05, 0.1) is 21.4 Å². The van der Waals surface area contributed by atoms with Crippen molar-refractivity contribution in [2.75, 3.05) is 11.1 Å². The number of aromatic nitrogens is 1. The van der Waals surface area contributed by atoms with Crippen molar-refractivity contribution in [3.63, 3.8) is 0 Å². The molecule has 0 bridgehead atoms. The number of anilines is 1. The lowest BCUT2D eigenvalue weighted by Crippen LogP contribution is -2.14. The van der Waals surface area contributed by atoms with E-state index in [1.54, 1.807) is 0 Å². The molecule has 0 aliphatic rings. The first-order valence-corrected chi connectivity index (χ1v) is 7.33. The van der Waals surface area contributed by atoms with E-state index in [0.29, 0.717) is 10.0 Å². The van der Waals surface area contributed by atoms with Crippen LogP contribution in [0.25, 0.3) is 0 Å². The summed E-state index contributed by atoms with van der Waals surface area (Å²) in [6, 6.07) is 7.09. The number of carbonyl (C=O) groups is 1. The largest absolute Gasteiger partial charge is 0.506 e. The molecule has 1 aromatic heterocycles. The zero-order chi connectivity index (χ0) is 16.1. The Bertz CT molecular complexity index is 709. The van der Waals surface area contributed by atoms with E-state index in [0.717, 1.165) is 18.0 Å². The lowest BCUT2D eigenvalue weighted by atomic mass is 10.3. The van der Waals surface area contributed by atoms with Crippen molar-refractivity contribution < 1.29 is 14.8 Å². The number of nitro groups is 1. The molecule has 22 heavy (non-hydrogen) atoms. The average Bonchev–Trinajstić information content (AvgIpc) is 2.49. The van der Waals surface area contributed by atoms with Crippen LogP contribution in [0.15, 0.2) is 41.6 Å². The molecule has 2 N–H and O–H groups in total. The van der Waals surface area contributed by atoms with Crippen LogP contribution < -0.4 is 5.32 Å². The maximum absolute atomic E-state index is 11.8. The maximum atomic E-state index is 11.8. The first-order chi connectivity index (χ1) is 10.5. The minimum Gasteiger partial charge on any atom is -0.506 e. The lowest BCUT2D eigenvalue weighted by Gasteiger charge is -2.07. The predicted molar refractivity (Wildman–Crippen MR) is 83.4 cm³/mol. The van der Waals surface area contributed by atoms with Gasteiger partial charge in [-0.25, -0.2) is 4.98 Å². The summed E-state index contributed by atoms with van der Waals surface area (Å²) in [5, 5.41) is 23.5. The number of nitrogens with zero attached hydrogens (tertiary/aromatic N) is 2. The molecule has 2 aromatic rings. The summed E-state index contributed by atoms with van der Waals surface area (Å²) in [5.41, 5.74) is 0.104. The fourth-order valence-electron chi connectivity index (χ4n) is 1.50. The van der Waals surface area contributed by atoms with Gasteiger partial charge < -0.3 is 10.4 Å². The molecule has 1 amide bonds. The van der Waals surface area contributed by atoms with Gasteiger partial charge in [-0.3, -0.25) is 14.9 Å². The van der Waals surface area contributed by atoms with Crippen molar-refractivity contribution in [1.82, 2.24) is 4.98 Å². The second kappa shape index (κ2) is 7.10. The molecule has 0 aliphatic heterocycles. The van der Waals surface area contributed by atoms with E-state index >= 15 is 0 Å². The molecule has 0 aliphatic carbocycles. The molecule has 0 unspecified atom stereocenters. The Balaban J connectivity index is 1.92. The van der Waals surface area contributed by atoms with Crippen LogP contribution >= 0.6 is 23.4 Å². The van der Waals surface area contributed by atoms with Crippen LogP contribution in [-0.4, -0.2) is 26.7 Å². The molecule has 0 atom stereocenters. The summed E-state index contributed by atoms with van der Waals surface area (Å²) in [5.74, 6) is -0.407.